The fraction of sp³-hybridized carbons (Fsp3) is 0.500. The number of nitrogens with zero attached hydrogens (tertiary/aromatic N) is 1. The van der Waals surface area contributed by atoms with Crippen LogP contribution in [0, 0.1) is 13.8 Å². The van der Waals surface area contributed by atoms with Crippen molar-refractivity contribution in [3.8, 4) is 0 Å². The summed E-state index contributed by atoms with van der Waals surface area (Å²) in [6.07, 6.45) is 0. The van der Waals surface area contributed by atoms with E-state index in [1.54, 1.807) is 0 Å². The molecule has 0 amide bonds. The lowest BCUT2D eigenvalue weighted by Crippen LogP contribution is -2.18. The Bertz CT molecular complexity index is 608. The highest BCUT2D eigenvalue weighted by Crippen LogP contribution is 2.32. The Morgan fingerprint density at radius 2 is 1.86 bits per heavy atom. The molecule has 1 unspecified atom stereocenters. The van der Waals surface area contributed by atoms with Crippen LogP contribution in [-0.2, 0) is 12.0 Å². The molecule has 0 radical (unpaired) electrons. The number of nitrogens with one attached hydrogen (secondary N) is 1. The Morgan fingerprint density at radius 3 is 2.43 bits per heavy atom. The topological polar surface area (TPSA) is 24.9 Å². The monoisotopic (exact) mass is 302 g/mol. The fourth-order valence-electron chi connectivity index (χ4n) is 2.29. The Kier molecular flexibility index (Phi) is 4.84. The molecule has 1 aromatic heterocycles. The quantitative estimate of drug-likeness (QED) is 0.868. The van der Waals surface area contributed by atoms with Gasteiger partial charge >= 0.3 is 0 Å². The number of hydrogen-bond acceptors (Lipinski definition) is 3. The van der Waals surface area contributed by atoms with Crippen molar-refractivity contribution in [3.05, 3.63) is 51.0 Å². The van der Waals surface area contributed by atoms with Crippen molar-refractivity contribution in [1.29, 1.82) is 0 Å². The van der Waals surface area contributed by atoms with Crippen LogP contribution in [0.1, 0.15) is 60.4 Å². The second-order valence-corrected chi connectivity index (χ2v) is 7.78. The normalized spacial score (nSPS) is 13.4. The van der Waals surface area contributed by atoms with Gasteiger partial charge < -0.3 is 5.32 Å². The van der Waals surface area contributed by atoms with Crippen molar-refractivity contribution < 1.29 is 0 Å². The van der Waals surface area contributed by atoms with Crippen LogP contribution in [0.25, 0.3) is 0 Å². The van der Waals surface area contributed by atoms with E-state index in [1.165, 1.54) is 21.0 Å². The lowest BCUT2D eigenvalue weighted by Gasteiger charge is -2.15. The van der Waals surface area contributed by atoms with Crippen LogP contribution in [0.4, 0.5) is 0 Å². The van der Waals surface area contributed by atoms with Gasteiger partial charge in [-0.15, -0.1) is 11.3 Å². The highest BCUT2D eigenvalue weighted by atomic mass is 32.1. The maximum atomic E-state index is 4.75. The third kappa shape index (κ3) is 3.92. The van der Waals surface area contributed by atoms with Crippen molar-refractivity contribution >= 4 is 11.3 Å². The minimum Gasteiger partial charge on any atom is -0.305 e. The van der Waals surface area contributed by atoms with Crippen molar-refractivity contribution in [3.63, 3.8) is 0 Å². The van der Waals surface area contributed by atoms with E-state index in [0.717, 1.165) is 12.2 Å². The molecule has 0 aliphatic rings. The highest BCUT2D eigenvalue weighted by molar-refractivity contribution is 7.12. The van der Waals surface area contributed by atoms with Gasteiger partial charge in [-0.05, 0) is 31.9 Å². The molecule has 0 aliphatic heterocycles. The minimum absolute atomic E-state index is 0.128. The standard InChI is InChI=1S/C18H26N2S/c1-12-9-7-8-10-15(12)11-19-13(2)16-14(3)20-17(21-16)18(4,5)6/h7-10,13,19H,11H2,1-6H3. The molecule has 1 atom stereocenters. The van der Waals surface area contributed by atoms with E-state index >= 15 is 0 Å². The van der Waals surface area contributed by atoms with Gasteiger partial charge in [-0.1, -0.05) is 45.0 Å². The maximum absolute atomic E-state index is 4.75. The first-order valence-corrected chi connectivity index (χ1v) is 8.36. The molecule has 0 spiro atoms. The molecule has 0 aliphatic carbocycles. The lowest BCUT2D eigenvalue weighted by molar-refractivity contribution is 0.576. The molecule has 21 heavy (non-hydrogen) atoms. The van der Waals surface area contributed by atoms with Crippen molar-refractivity contribution in [1.82, 2.24) is 10.3 Å². The molecule has 2 nitrogen and oxygen atoms in total. The number of aryl methyl sites for hydroxylation is 2. The molecule has 1 aromatic carbocycles. The summed E-state index contributed by atoms with van der Waals surface area (Å²) < 4.78 is 0. The number of aromatic nitrogens is 1. The summed E-state index contributed by atoms with van der Waals surface area (Å²) in [4.78, 5) is 6.11. The average molecular weight is 302 g/mol. The average Bonchev–Trinajstić information content (AvgIpc) is 2.80. The van der Waals surface area contributed by atoms with E-state index in [9.17, 15) is 0 Å². The van der Waals surface area contributed by atoms with Gasteiger partial charge in [0, 0.05) is 22.9 Å². The van der Waals surface area contributed by atoms with Crippen LogP contribution >= 0.6 is 11.3 Å². The highest BCUT2D eigenvalue weighted by Gasteiger charge is 2.22. The predicted octanol–water partition coefficient (Wildman–Crippen LogP) is 4.91. The van der Waals surface area contributed by atoms with Crippen LogP contribution < -0.4 is 5.32 Å². The second-order valence-electron chi connectivity index (χ2n) is 6.75. The van der Waals surface area contributed by atoms with Crippen molar-refractivity contribution in [2.24, 2.45) is 0 Å². The van der Waals surface area contributed by atoms with Crippen LogP contribution in [0.15, 0.2) is 24.3 Å². The van der Waals surface area contributed by atoms with E-state index in [2.05, 4.69) is 71.1 Å². The predicted molar refractivity (Wildman–Crippen MR) is 92.0 cm³/mol. The smallest absolute Gasteiger partial charge is 0.0985 e. The Balaban J connectivity index is 2.09. The van der Waals surface area contributed by atoms with E-state index < -0.39 is 0 Å². The van der Waals surface area contributed by atoms with Crippen molar-refractivity contribution in [2.45, 2.75) is 59.5 Å². The number of hydrogen-bond donors (Lipinski definition) is 1. The molecular formula is C18H26N2S. The van der Waals surface area contributed by atoms with Gasteiger partial charge in [0.05, 0.1) is 10.7 Å². The largest absolute Gasteiger partial charge is 0.305 e. The molecule has 0 saturated carbocycles. The van der Waals surface area contributed by atoms with Gasteiger partial charge in [0.1, 0.15) is 0 Å². The molecular weight excluding hydrogens is 276 g/mol. The molecule has 2 rings (SSSR count). The second kappa shape index (κ2) is 6.29. The summed E-state index contributed by atoms with van der Waals surface area (Å²) in [7, 11) is 0. The summed E-state index contributed by atoms with van der Waals surface area (Å²) in [5.74, 6) is 0. The summed E-state index contributed by atoms with van der Waals surface area (Å²) in [6.45, 7) is 14.1. The zero-order valence-corrected chi connectivity index (χ0v) is 14.8. The number of benzene rings is 1. The number of rotatable bonds is 4. The maximum Gasteiger partial charge on any atom is 0.0985 e. The SMILES string of the molecule is Cc1ccccc1CNC(C)c1sc(C(C)(C)C)nc1C. The zero-order valence-electron chi connectivity index (χ0n) is 13.9. The summed E-state index contributed by atoms with van der Waals surface area (Å²) in [5.41, 5.74) is 3.99. The third-order valence-electron chi connectivity index (χ3n) is 3.73. The van der Waals surface area contributed by atoms with E-state index in [4.69, 9.17) is 4.98 Å². The molecule has 1 heterocycles. The summed E-state index contributed by atoms with van der Waals surface area (Å²) in [6, 6.07) is 8.88. The fourth-order valence-corrected chi connectivity index (χ4v) is 3.45. The van der Waals surface area contributed by atoms with Gasteiger partial charge in [0.2, 0.25) is 0 Å². The summed E-state index contributed by atoms with van der Waals surface area (Å²) in [5, 5.41) is 4.85. The first kappa shape index (κ1) is 16.2. The molecule has 0 saturated heterocycles. The van der Waals surface area contributed by atoms with Crippen LogP contribution in [0.2, 0.25) is 0 Å². The Hall–Kier alpha value is -1.19. The summed E-state index contributed by atoms with van der Waals surface area (Å²) >= 11 is 1.84. The molecule has 0 fully saturated rings. The van der Waals surface area contributed by atoms with E-state index in [-0.39, 0.29) is 5.41 Å². The van der Waals surface area contributed by atoms with Crippen LogP contribution in [-0.4, -0.2) is 4.98 Å². The molecule has 3 heteroatoms. The zero-order chi connectivity index (χ0) is 15.6. The third-order valence-corrected chi connectivity index (χ3v) is 5.49. The van der Waals surface area contributed by atoms with Crippen LogP contribution in [0.5, 0.6) is 0 Å². The van der Waals surface area contributed by atoms with Crippen LogP contribution in [0.3, 0.4) is 0 Å². The van der Waals surface area contributed by atoms with Gasteiger partial charge in [0.25, 0.3) is 0 Å². The van der Waals surface area contributed by atoms with E-state index in [0.29, 0.717) is 6.04 Å². The van der Waals surface area contributed by atoms with Gasteiger partial charge in [-0.2, -0.15) is 0 Å². The number of thiazole rings is 1. The van der Waals surface area contributed by atoms with Gasteiger partial charge in [-0.25, -0.2) is 4.98 Å². The lowest BCUT2D eigenvalue weighted by atomic mass is 9.98. The minimum atomic E-state index is 0.128. The Morgan fingerprint density at radius 1 is 1.19 bits per heavy atom. The molecule has 0 bridgehead atoms. The molecule has 114 valence electrons. The molecule has 1 N–H and O–H groups in total. The first-order valence-electron chi connectivity index (χ1n) is 7.54. The van der Waals surface area contributed by atoms with Crippen molar-refractivity contribution in [2.75, 3.05) is 0 Å². The van der Waals surface area contributed by atoms with Gasteiger partial charge in [-0.3, -0.25) is 0 Å². The first-order chi connectivity index (χ1) is 9.79. The van der Waals surface area contributed by atoms with Gasteiger partial charge in [0.15, 0.2) is 0 Å². The van der Waals surface area contributed by atoms with E-state index in [1.807, 2.05) is 11.3 Å². The molecule has 2 aromatic rings. The Labute approximate surface area is 132 Å².